The fraction of sp³-hybridized carbons (Fsp3) is 0.308. The molecule has 0 saturated heterocycles. The van der Waals surface area contributed by atoms with E-state index in [0.717, 1.165) is 23.9 Å². The Balaban J connectivity index is 0.00000162. The smallest absolute Gasteiger partial charge is 0.267 e. The number of amides is 1. The van der Waals surface area contributed by atoms with Crippen molar-refractivity contribution in [3.8, 4) is 0 Å². The first kappa shape index (κ1) is 14.5. The maximum Gasteiger partial charge on any atom is 0.267 e. The lowest BCUT2D eigenvalue weighted by Gasteiger charge is -2.02. The highest BCUT2D eigenvalue weighted by molar-refractivity contribution is 5.97. The van der Waals surface area contributed by atoms with Gasteiger partial charge in [0.05, 0.1) is 0 Å². The summed E-state index contributed by atoms with van der Waals surface area (Å²) in [6.07, 6.45) is 0.933. The molecule has 0 bridgehead atoms. The van der Waals surface area contributed by atoms with E-state index < -0.39 is 0 Å². The molecular formula is C13H18ClN3O. The summed E-state index contributed by atoms with van der Waals surface area (Å²) >= 11 is 0. The molecule has 5 heteroatoms. The second kappa shape index (κ2) is 7.03. The molecule has 4 nitrogen and oxygen atoms in total. The van der Waals surface area contributed by atoms with Gasteiger partial charge in [-0.2, -0.15) is 0 Å². The van der Waals surface area contributed by atoms with Crippen LogP contribution in [-0.4, -0.2) is 31.0 Å². The number of rotatable bonds is 5. The van der Waals surface area contributed by atoms with Crippen LogP contribution in [0.25, 0.3) is 10.9 Å². The molecule has 98 valence electrons. The Morgan fingerprint density at radius 3 is 2.78 bits per heavy atom. The molecule has 1 aromatic carbocycles. The van der Waals surface area contributed by atoms with Crippen molar-refractivity contribution in [3.05, 3.63) is 36.0 Å². The lowest BCUT2D eigenvalue weighted by atomic mass is 10.2. The number of aromatic nitrogens is 1. The number of hydrogen-bond donors (Lipinski definition) is 3. The standard InChI is InChI=1S/C13H17N3O.ClH/c1-14-7-4-8-15-13(17)12-9-10-5-2-3-6-11(10)16-12;/h2-3,5-6,9,14,16H,4,7-8H2,1H3,(H,15,17);1H. The van der Waals surface area contributed by atoms with E-state index >= 15 is 0 Å². The predicted octanol–water partition coefficient (Wildman–Crippen LogP) is 1.93. The summed E-state index contributed by atoms with van der Waals surface area (Å²) in [6, 6.07) is 9.75. The summed E-state index contributed by atoms with van der Waals surface area (Å²) in [6.45, 7) is 1.60. The number of halogens is 1. The quantitative estimate of drug-likeness (QED) is 0.725. The molecule has 0 fully saturated rings. The van der Waals surface area contributed by atoms with E-state index in [1.165, 1.54) is 0 Å². The van der Waals surface area contributed by atoms with Crippen molar-refractivity contribution in [1.29, 1.82) is 0 Å². The van der Waals surface area contributed by atoms with Crippen LogP contribution >= 0.6 is 12.4 Å². The zero-order chi connectivity index (χ0) is 12.1. The zero-order valence-electron chi connectivity index (χ0n) is 10.3. The van der Waals surface area contributed by atoms with Crippen molar-refractivity contribution in [3.63, 3.8) is 0 Å². The molecule has 1 amide bonds. The average molecular weight is 268 g/mol. The predicted molar refractivity (Wildman–Crippen MR) is 76.4 cm³/mol. The van der Waals surface area contributed by atoms with Crippen LogP contribution in [0.3, 0.4) is 0 Å². The molecule has 0 aliphatic rings. The van der Waals surface area contributed by atoms with Gasteiger partial charge in [-0.05, 0) is 32.1 Å². The van der Waals surface area contributed by atoms with Gasteiger partial charge in [-0.3, -0.25) is 4.79 Å². The van der Waals surface area contributed by atoms with Gasteiger partial charge < -0.3 is 15.6 Å². The number of para-hydroxylation sites is 1. The number of H-pyrrole nitrogens is 1. The van der Waals surface area contributed by atoms with Crippen molar-refractivity contribution in [1.82, 2.24) is 15.6 Å². The van der Waals surface area contributed by atoms with E-state index in [1.54, 1.807) is 0 Å². The van der Waals surface area contributed by atoms with E-state index in [1.807, 2.05) is 37.4 Å². The topological polar surface area (TPSA) is 56.9 Å². The lowest BCUT2D eigenvalue weighted by molar-refractivity contribution is 0.0949. The zero-order valence-corrected chi connectivity index (χ0v) is 11.1. The largest absolute Gasteiger partial charge is 0.351 e. The van der Waals surface area contributed by atoms with Gasteiger partial charge in [-0.25, -0.2) is 0 Å². The van der Waals surface area contributed by atoms with Gasteiger partial charge >= 0.3 is 0 Å². The number of fused-ring (bicyclic) bond motifs is 1. The minimum atomic E-state index is -0.0442. The van der Waals surface area contributed by atoms with Crippen molar-refractivity contribution >= 4 is 29.2 Å². The summed E-state index contributed by atoms with van der Waals surface area (Å²) in [4.78, 5) is 14.9. The second-order valence-corrected chi connectivity index (χ2v) is 3.98. The van der Waals surface area contributed by atoms with E-state index in [4.69, 9.17) is 0 Å². The summed E-state index contributed by atoms with van der Waals surface area (Å²) in [5.74, 6) is -0.0442. The minimum Gasteiger partial charge on any atom is -0.351 e. The lowest BCUT2D eigenvalue weighted by Crippen LogP contribution is -2.26. The van der Waals surface area contributed by atoms with Crippen LogP contribution < -0.4 is 10.6 Å². The molecule has 0 aliphatic carbocycles. The molecule has 1 heterocycles. The van der Waals surface area contributed by atoms with Crippen LogP contribution in [0.15, 0.2) is 30.3 Å². The van der Waals surface area contributed by atoms with Crippen molar-refractivity contribution in [2.24, 2.45) is 0 Å². The van der Waals surface area contributed by atoms with Crippen LogP contribution in [0, 0.1) is 0 Å². The van der Waals surface area contributed by atoms with Gasteiger partial charge in [-0.1, -0.05) is 18.2 Å². The van der Waals surface area contributed by atoms with Gasteiger partial charge in [0.15, 0.2) is 0 Å². The molecule has 3 N–H and O–H groups in total. The normalized spacial score (nSPS) is 10.1. The molecule has 0 unspecified atom stereocenters. The first-order valence-corrected chi connectivity index (χ1v) is 5.82. The number of benzene rings is 1. The number of carbonyl (C=O) groups is 1. The van der Waals surface area contributed by atoms with Crippen LogP contribution in [0.2, 0.25) is 0 Å². The molecule has 0 spiro atoms. The summed E-state index contributed by atoms with van der Waals surface area (Å²) in [5, 5.41) is 6.99. The molecule has 0 saturated carbocycles. The summed E-state index contributed by atoms with van der Waals surface area (Å²) in [5.41, 5.74) is 1.61. The molecule has 2 aromatic rings. The Hall–Kier alpha value is -1.52. The van der Waals surface area contributed by atoms with Crippen LogP contribution in [0.5, 0.6) is 0 Å². The fourth-order valence-corrected chi connectivity index (χ4v) is 1.76. The number of aromatic amines is 1. The van der Waals surface area contributed by atoms with Gasteiger partial charge in [0.2, 0.25) is 0 Å². The molecular weight excluding hydrogens is 250 g/mol. The molecule has 1 aromatic heterocycles. The number of hydrogen-bond acceptors (Lipinski definition) is 2. The Morgan fingerprint density at radius 1 is 1.28 bits per heavy atom. The highest BCUT2D eigenvalue weighted by Gasteiger charge is 2.07. The summed E-state index contributed by atoms with van der Waals surface area (Å²) < 4.78 is 0. The molecule has 2 rings (SSSR count). The minimum absolute atomic E-state index is 0. The van der Waals surface area contributed by atoms with E-state index in [2.05, 4.69) is 15.6 Å². The maximum absolute atomic E-state index is 11.8. The van der Waals surface area contributed by atoms with Crippen molar-refractivity contribution in [2.75, 3.05) is 20.1 Å². The SMILES string of the molecule is CNCCCNC(=O)c1cc2ccccc2[nH]1.Cl. The van der Waals surface area contributed by atoms with Gasteiger partial charge in [0, 0.05) is 17.4 Å². The third-order valence-corrected chi connectivity index (χ3v) is 2.66. The first-order chi connectivity index (χ1) is 8.31. The number of nitrogens with one attached hydrogen (secondary N) is 3. The van der Waals surface area contributed by atoms with Crippen LogP contribution in [0.1, 0.15) is 16.9 Å². The van der Waals surface area contributed by atoms with Gasteiger partial charge in [-0.15, -0.1) is 12.4 Å². The molecule has 18 heavy (non-hydrogen) atoms. The first-order valence-electron chi connectivity index (χ1n) is 5.82. The second-order valence-electron chi connectivity index (χ2n) is 3.98. The Morgan fingerprint density at radius 2 is 2.06 bits per heavy atom. The maximum atomic E-state index is 11.8. The van der Waals surface area contributed by atoms with Crippen LogP contribution in [-0.2, 0) is 0 Å². The van der Waals surface area contributed by atoms with E-state index in [0.29, 0.717) is 12.2 Å². The molecule has 0 radical (unpaired) electrons. The highest BCUT2D eigenvalue weighted by Crippen LogP contribution is 2.14. The van der Waals surface area contributed by atoms with Gasteiger partial charge in [0.25, 0.3) is 5.91 Å². The average Bonchev–Trinajstić information content (AvgIpc) is 2.78. The third kappa shape index (κ3) is 3.48. The van der Waals surface area contributed by atoms with E-state index in [-0.39, 0.29) is 18.3 Å². The monoisotopic (exact) mass is 267 g/mol. The fourth-order valence-electron chi connectivity index (χ4n) is 1.76. The Labute approximate surface area is 113 Å². The third-order valence-electron chi connectivity index (χ3n) is 2.66. The summed E-state index contributed by atoms with van der Waals surface area (Å²) in [7, 11) is 1.90. The van der Waals surface area contributed by atoms with Crippen molar-refractivity contribution in [2.45, 2.75) is 6.42 Å². The van der Waals surface area contributed by atoms with Crippen molar-refractivity contribution < 1.29 is 4.79 Å². The highest BCUT2D eigenvalue weighted by atomic mass is 35.5. The molecule has 0 aliphatic heterocycles. The Bertz CT molecular complexity index is 477. The van der Waals surface area contributed by atoms with E-state index in [9.17, 15) is 4.79 Å². The van der Waals surface area contributed by atoms with Gasteiger partial charge in [0.1, 0.15) is 5.69 Å². The van der Waals surface area contributed by atoms with Crippen LogP contribution in [0.4, 0.5) is 0 Å². The number of carbonyl (C=O) groups excluding carboxylic acids is 1. The molecule has 0 atom stereocenters. The Kier molecular flexibility index (Phi) is 5.68.